The third-order valence-electron chi connectivity index (χ3n) is 3.86. The van der Waals surface area contributed by atoms with E-state index in [0.29, 0.717) is 0 Å². The molecule has 2 saturated heterocycles. The smallest absolute Gasteiger partial charge is 0.0594 e. The molecule has 19 heavy (non-hydrogen) atoms. The lowest BCUT2D eigenvalue weighted by Gasteiger charge is -2.27. The van der Waals surface area contributed by atoms with Crippen LogP contribution in [-0.2, 0) is 9.47 Å². The Bertz CT molecular complexity index is 195. The van der Waals surface area contributed by atoms with Crippen molar-refractivity contribution < 1.29 is 9.47 Å². The highest BCUT2D eigenvalue weighted by Crippen LogP contribution is 1.98. The average Bonchev–Trinajstić information content (AvgIpc) is 2.48. The van der Waals surface area contributed by atoms with Crippen LogP contribution in [0.15, 0.2) is 0 Å². The van der Waals surface area contributed by atoms with Crippen LogP contribution in [0.1, 0.15) is 12.8 Å². The Morgan fingerprint density at radius 2 is 1.11 bits per heavy atom. The van der Waals surface area contributed by atoms with Gasteiger partial charge in [-0.05, 0) is 39.0 Å². The molecule has 2 rings (SSSR count). The molecule has 112 valence electrons. The lowest BCUT2D eigenvalue weighted by Crippen LogP contribution is -2.38. The molecule has 2 aliphatic rings. The minimum absolute atomic E-state index is 0.910. The number of rotatable bonds is 8. The zero-order valence-electron chi connectivity index (χ0n) is 12.1. The minimum Gasteiger partial charge on any atom is -0.379 e. The predicted octanol–water partition coefficient (Wildman–Crippen LogP) is 0.0206. The van der Waals surface area contributed by atoms with Crippen LogP contribution in [0.3, 0.4) is 0 Å². The lowest BCUT2D eigenvalue weighted by atomic mass is 10.3. The summed E-state index contributed by atoms with van der Waals surface area (Å²) >= 11 is 0. The molecule has 2 heterocycles. The van der Waals surface area contributed by atoms with Crippen molar-refractivity contribution in [3.8, 4) is 0 Å². The molecular formula is C14H29N3O2. The second-order valence-corrected chi connectivity index (χ2v) is 5.37. The zero-order valence-corrected chi connectivity index (χ0v) is 12.1. The van der Waals surface area contributed by atoms with Gasteiger partial charge in [0.1, 0.15) is 0 Å². The molecule has 0 saturated carbocycles. The van der Waals surface area contributed by atoms with Crippen LogP contribution in [-0.4, -0.2) is 88.6 Å². The molecule has 0 bridgehead atoms. The number of nitrogens with zero attached hydrogens (tertiary/aromatic N) is 2. The van der Waals surface area contributed by atoms with Gasteiger partial charge in [0.25, 0.3) is 0 Å². The molecule has 5 nitrogen and oxygen atoms in total. The first-order chi connectivity index (χ1) is 9.45. The van der Waals surface area contributed by atoms with E-state index in [2.05, 4.69) is 15.1 Å². The summed E-state index contributed by atoms with van der Waals surface area (Å²) in [6.45, 7) is 12.8. The van der Waals surface area contributed by atoms with E-state index in [1.165, 1.54) is 25.9 Å². The highest BCUT2D eigenvalue weighted by Gasteiger charge is 2.10. The molecule has 2 aliphatic heterocycles. The summed E-state index contributed by atoms with van der Waals surface area (Å²) in [7, 11) is 0. The van der Waals surface area contributed by atoms with Crippen LogP contribution in [0.5, 0.6) is 0 Å². The largest absolute Gasteiger partial charge is 0.379 e. The Balaban J connectivity index is 1.35. The van der Waals surface area contributed by atoms with Crippen LogP contribution < -0.4 is 5.32 Å². The summed E-state index contributed by atoms with van der Waals surface area (Å²) in [5.74, 6) is 0. The fourth-order valence-electron chi connectivity index (χ4n) is 2.63. The second-order valence-electron chi connectivity index (χ2n) is 5.37. The maximum atomic E-state index is 5.35. The Labute approximate surface area is 117 Å². The maximum Gasteiger partial charge on any atom is 0.0594 e. The summed E-state index contributed by atoms with van der Waals surface area (Å²) < 4.78 is 10.7. The molecule has 0 aliphatic carbocycles. The van der Waals surface area contributed by atoms with E-state index in [1.54, 1.807) is 0 Å². The highest BCUT2D eigenvalue weighted by atomic mass is 16.5. The molecule has 0 spiro atoms. The molecule has 2 fully saturated rings. The summed E-state index contributed by atoms with van der Waals surface area (Å²) in [6, 6.07) is 0. The first-order valence-electron chi connectivity index (χ1n) is 7.76. The Morgan fingerprint density at radius 1 is 0.684 bits per heavy atom. The van der Waals surface area contributed by atoms with Gasteiger partial charge in [0.2, 0.25) is 0 Å². The van der Waals surface area contributed by atoms with Gasteiger partial charge >= 0.3 is 0 Å². The van der Waals surface area contributed by atoms with E-state index in [9.17, 15) is 0 Å². The molecule has 0 aromatic rings. The monoisotopic (exact) mass is 271 g/mol. The van der Waals surface area contributed by atoms with Crippen molar-refractivity contribution in [1.82, 2.24) is 15.1 Å². The summed E-state index contributed by atoms with van der Waals surface area (Å²) in [4.78, 5) is 5.00. The van der Waals surface area contributed by atoms with Gasteiger partial charge in [-0.15, -0.1) is 0 Å². The molecular weight excluding hydrogens is 242 g/mol. The third kappa shape index (κ3) is 6.68. The van der Waals surface area contributed by atoms with Gasteiger partial charge in [-0.2, -0.15) is 0 Å². The van der Waals surface area contributed by atoms with Crippen molar-refractivity contribution in [3.05, 3.63) is 0 Å². The zero-order chi connectivity index (χ0) is 13.2. The summed E-state index contributed by atoms with van der Waals surface area (Å²) in [5.41, 5.74) is 0. The van der Waals surface area contributed by atoms with Gasteiger partial charge in [-0.3, -0.25) is 9.80 Å². The van der Waals surface area contributed by atoms with E-state index in [1.807, 2.05) is 0 Å². The van der Waals surface area contributed by atoms with Gasteiger partial charge in [-0.25, -0.2) is 0 Å². The van der Waals surface area contributed by atoms with Crippen LogP contribution in [0.25, 0.3) is 0 Å². The van der Waals surface area contributed by atoms with Crippen LogP contribution in [0, 0.1) is 0 Å². The molecule has 5 heteroatoms. The Kier molecular flexibility index (Phi) is 7.73. The number of nitrogens with one attached hydrogen (secondary N) is 1. The highest BCUT2D eigenvalue weighted by molar-refractivity contribution is 4.64. The molecule has 0 aromatic carbocycles. The van der Waals surface area contributed by atoms with Crippen molar-refractivity contribution >= 4 is 0 Å². The fourth-order valence-corrected chi connectivity index (χ4v) is 2.63. The van der Waals surface area contributed by atoms with Crippen LogP contribution >= 0.6 is 0 Å². The van der Waals surface area contributed by atoms with Gasteiger partial charge in [0, 0.05) is 26.2 Å². The van der Waals surface area contributed by atoms with Crippen molar-refractivity contribution in [2.24, 2.45) is 0 Å². The average molecular weight is 271 g/mol. The topological polar surface area (TPSA) is 37.0 Å². The standard InChI is InChI=1S/C14H29N3O2/c1(5-16-7-11-18-12-8-16)3-15-4-2-6-17-9-13-19-14-10-17/h15H,1-14H2. The molecule has 0 amide bonds. The first-order valence-corrected chi connectivity index (χ1v) is 7.76. The van der Waals surface area contributed by atoms with Gasteiger partial charge in [0.05, 0.1) is 26.4 Å². The SMILES string of the molecule is C(CNCCCN1CCOCC1)CN1CCOCC1. The number of hydrogen-bond acceptors (Lipinski definition) is 5. The van der Waals surface area contributed by atoms with E-state index in [0.717, 1.165) is 65.7 Å². The lowest BCUT2D eigenvalue weighted by molar-refractivity contribution is 0.0367. The van der Waals surface area contributed by atoms with Gasteiger partial charge < -0.3 is 14.8 Å². The van der Waals surface area contributed by atoms with Gasteiger partial charge in [-0.1, -0.05) is 0 Å². The number of hydrogen-bond donors (Lipinski definition) is 1. The van der Waals surface area contributed by atoms with Crippen LogP contribution in [0.2, 0.25) is 0 Å². The van der Waals surface area contributed by atoms with Crippen LogP contribution in [0.4, 0.5) is 0 Å². The van der Waals surface area contributed by atoms with E-state index < -0.39 is 0 Å². The first kappa shape index (κ1) is 15.2. The van der Waals surface area contributed by atoms with E-state index >= 15 is 0 Å². The Hall–Kier alpha value is -0.200. The van der Waals surface area contributed by atoms with Crippen molar-refractivity contribution in [3.63, 3.8) is 0 Å². The minimum atomic E-state index is 0.910. The van der Waals surface area contributed by atoms with Crippen molar-refractivity contribution in [2.45, 2.75) is 12.8 Å². The quantitative estimate of drug-likeness (QED) is 0.630. The predicted molar refractivity (Wildman–Crippen MR) is 76.6 cm³/mol. The number of morpholine rings is 2. The summed E-state index contributed by atoms with van der Waals surface area (Å²) in [5, 5.41) is 3.55. The third-order valence-corrected chi connectivity index (χ3v) is 3.86. The molecule has 0 aromatic heterocycles. The molecule has 0 unspecified atom stereocenters. The fraction of sp³-hybridized carbons (Fsp3) is 1.00. The normalized spacial score (nSPS) is 22.7. The van der Waals surface area contributed by atoms with Crippen molar-refractivity contribution in [2.75, 3.05) is 78.8 Å². The Morgan fingerprint density at radius 3 is 1.53 bits per heavy atom. The molecule has 0 radical (unpaired) electrons. The van der Waals surface area contributed by atoms with Crippen molar-refractivity contribution in [1.29, 1.82) is 0 Å². The number of ether oxygens (including phenoxy) is 2. The van der Waals surface area contributed by atoms with E-state index in [-0.39, 0.29) is 0 Å². The van der Waals surface area contributed by atoms with Gasteiger partial charge in [0.15, 0.2) is 0 Å². The second kappa shape index (κ2) is 9.66. The van der Waals surface area contributed by atoms with E-state index in [4.69, 9.17) is 9.47 Å². The molecule has 0 atom stereocenters. The maximum absolute atomic E-state index is 5.35. The molecule has 1 N–H and O–H groups in total. The summed E-state index contributed by atoms with van der Waals surface area (Å²) in [6.07, 6.45) is 2.50.